The van der Waals surface area contributed by atoms with Crippen molar-refractivity contribution < 1.29 is 23.9 Å². The van der Waals surface area contributed by atoms with Crippen molar-refractivity contribution in [1.29, 1.82) is 0 Å². The summed E-state index contributed by atoms with van der Waals surface area (Å²) in [7, 11) is 0. The second-order valence-electron chi connectivity index (χ2n) is 7.60. The fraction of sp³-hybridized carbons (Fsp3) is 0.208. The van der Waals surface area contributed by atoms with Crippen LogP contribution < -0.4 is 14.8 Å². The molecule has 0 saturated heterocycles. The van der Waals surface area contributed by atoms with E-state index < -0.39 is 0 Å². The lowest BCUT2D eigenvalue weighted by Crippen LogP contribution is -2.41. The molecule has 2 heterocycles. The van der Waals surface area contributed by atoms with E-state index in [1.165, 1.54) is 4.90 Å². The molecule has 7 nitrogen and oxygen atoms in total. The van der Waals surface area contributed by atoms with Crippen molar-refractivity contribution in [3.8, 4) is 11.5 Å². The highest BCUT2D eigenvalue weighted by Crippen LogP contribution is 2.38. The Morgan fingerprint density at radius 2 is 1.59 bits per heavy atom. The fourth-order valence-electron chi connectivity index (χ4n) is 4.05. The van der Waals surface area contributed by atoms with Crippen LogP contribution in [0, 0.1) is 0 Å². The minimum Gasteiger partial charge on any atom is -0.486 e. The number of carbonyl (C=O) groups is 3. The summed E-state index contributed by atoms with van der Waals surface area (Å²) in [4.78, 5) is 39.6. The van der Waals surface area contributed by atoms with Gasteiger partial charge in [0, 0.05) is 46.1 Å². The number of imide groups is 1. The van der Waals surface area contributed by atoms with Crippen LogP contribution in [0.2, 0.25) is 0 Å². The molecular formula is C24H19BrN2O5. The van der Waals surface area contributed by atoms with E-state index in [4.69, 9.17) is 9.47 Å². The first-order valence-electron chi connectivity index (χ1n) is 10.3. The summed E-state index contributed by atoms with van der Waals surface area (Å²) >= 11 is 3.43. The number of hydrogen-bond acceptors (Lipinski definition) is 5. The number of ether oxygens (including phenoxy) is 2. The van der Waals surface area contributed by atoms with E-state index in [1.54, 1.807) is 24.3 Å². The third-order valence-electron chi connectivity index (χ3n) is 5.55. The van der Waals surface area contributed by atoms with Gasteiger partial charge in [-0.05, 0) is 39.9 Å². The van der Waals surface area contributed by atoms with Crippen molar-refractivity contribution in [2.45, 2.75) is 12.8 Å². The van der Waals surface area contributed by atoms with Crippen LogP contribution >= 0.6 is 15.9 Å². The summed E-state index contributed by atoms with van der Waals surface area (Å²) in [6.45, 7) is 1.10. The molecule has 0 aromatic heterocycles. The molecule has 3 aromatic rings. The molecule has 8 heteroatoms. The van der Waals surface area contributed by atoms with Gasteiger partial charge in [-0.3, -0.25) is 19.3 Å². The molecule has 0 bridgehead atoms. The number of fused-ring (bicyclic) bond motifs is 1. The summed E-state index contributed by atoms with van der Waals surface area (Å²) in [5.74, 6) is 0.330. The van der Waals surface area contributed by atoms with Crippen molar-refractivity contribution in [3.05, 3.63) is 64.1 Å². The Hall–Kier alpha value is -3.39. The first-order valence-corrected chi connectivity index (χ1v) is 11.1. The molecule has 2 aliphatic heterocycles. The van der Waals surface area contributed by atoms with Gasteiger partial charge < -0.3 is 14.8 Å². The van der Waals surface area contributed by atoms with Crippen molar-refractivity contribution in [2.24, 2.45) is 0 Å². The van der Waals surface area contributed by atoms with Gasteiger partial charge in [0.1, 0.15) is 13.2 Å². The number of amides is 3. The largest absolute Gasteiger partial charge is 0.486 e. The second-order valence-corrected chi connectivity index (χ2v) is 8.45. The van der Waals surface area contributed by atoms with Crippen LogP contribution in [-0.4, -0.2) is 42.4 Å². The van der Waals surface area contributed by atoms with Crippen molar-refractivity contribution >= 4 is 50.1 Å². The van der Waals surface area contributed by atoms with Crippen molar-refractivity contribution in [2.75, 3.05) is 25.1 Å². The molecule has 3 aromatic carbocycles. The lowest BCUT2D eigenvalue weighted by atomic mass is 9.94. The predicted molar refractivity (Wildman–Crippen MR) is 122 cm³/mol. The standard InChI is InChI=1S/C24H19BrN2O5/c25-17-12-19-20(32-11-10-31-19)13-18(17)26-21(28)8-3-9-27-23(29)15-6-1-4-14-5-2-7-16(22(14)15)24(27)30/h1-2,4-7,12-13H,3,8-11H2,(H,26,28). The topological polar surface area (TPSA) is 84.9 Å². The molecule has 0 radical (unpaired) electrons. The van der Waals surface area contributed by atoms with E-state index in [0.717, 1.165) is 5.39 Å². The van der Waals surface area contributed by atoms with Crippen LogP contribution in [0.4, 0.5) is 5.69 Å². The molecular weight excluding hydrogens is 476 g/mol. The molecule has 0 aliphatic carbocycles. The first kappa shape index (κ1) is 20.5. The van der Waals surface area contributed by atoms with E-state index >= 15 is 0 Å². The third kappa shape index (κ3) is 3.60. The summed E-state index contributed by atoms with van der Waals surface area (Å²) in [6.07, 6.45) is 0.507. The van der Waals surface area contributed by atoms with Crippen LogP contribution in [0.3, 0.4) is 0 Å². The van der Waals surface area contributed by atoms with Gasteiger partial charge in [-0.25, -0.2) is 0 Å². The number of nitrogens with one attached hydrogen (secondary N) is 1. The minimum absolute atomic E-state index is 0.157. The summed E-state index contributed by atoms with van der Waals surface area (Å²) in [5, 5.41) is 4.41. The average Bonchev–Trinajstić information content (AvgIpc) is 2.80. The summed E-state index contributed by atoms with van der Waals surface area (Å²) in [6, 6.07) is 14.3. The van der Waals surface area contributed by atoms with Gasteiger partial charge >= 0.3 is 0 Å². The molecule has 0 fully saturated rings. The van der Waals surface area contributed by atoms with E-state index in [0.29, 0.717) is 57.8 Å². The molecule has 5 rings (SSSR count). The lowest BCUT2D eigenvalue weighted by Gasteiger charge is -2.27. The Bertz CT molecular complexity index is 1220. The maximum Gasteiger partial charge on any atom is 0.261 e. The lowest BCUT2D eigenvalue weighted by molar-refractivity contribution is -0.116. The van der Waals surface area contributed by atoms with Crippen LogP contribution in [0.1, 0.15) is 33.6 Å². The van der Waals surface area contributed by atoms with Gasteiger partial charge in [0.25, 0.3) is 11.8 Å². The summed E-state index contributed by atoms with van der Waals surface area (Å²) in [5.41, 5.74) is 1.61. The highest BCUT2D eigenvalue weighted by molar-refractivity contribution is 9.10. The number of rotatable bonds is 5. The fourth-order valence-corrected chi connectivity index (χ4v) is 4.48. The zero-order valence-corrected chi connectivity index (χ0v) is 18.6. The van der Waals surface area contributed by atoms with E-state index in [9.17, 15) is 14.4 Å². The monoisotopic (exact) mass is 494 g/mol. The van der Waals surface area contributed by atoms with Gasteiger partial charge in [0.05, 0.1) is 5.69 Å². The van der Waals surface area contributed by atoms with Gasteiger partial charge in [0.2, 0.25) is 5.91 Å². The smallest absolute Gasteiger partial charge is 0.261 e. The number of hydrogen-bond donors (Lipinski definition) is 1. The van der Waals surface area contributed by atoms with E-state index in [1.807, 2.05) is 24.3 Å². The predicted octanol–water partition coefficient (Wildman–Crippen LogP) is 4.39. The van der Waals surface area contributed by atoms with Crippen LogP contribution in [-0.2, 0) is 4.79 Å². The molecule has 0 atom stereocenters. The van der Waals surface area contributed by atoms with E-state index in [-0.39, 0.29) is 30.7 Å². The second kappa shape index (κ2) is 8.27. The quantitative estimate of drug-likeness (QED) is 0.531. The van der Waals surface area contributed by atoms with Crippen molar-refractivity contribution in [1.82, 2.24) is 4.90 Å². The first-order chi connectivity index (χ1) is 15.5. The molecule has 2 aliphatic rings. The van der Waals surface area contributed by atoms with Crippen LogP contribution in [0.25, 0.3) is 10.8 Å². The maximum absolute atomic E-state index is 12.9. The molecule has 0 unspecified atom stereocenters. The SMILES string of the molecule is O=C(CCCN1C(=O)c2cccc3cccc(c23)C1=O)Nc1cc2c(cc1Br)OCCO2. The maximum atomic E-state index is 12.9. The van der Waals surface area contributed by atoms with Gasteiger partial charge in [-0.15, -0.1) is 0 Å². The number of carbonyl (C=O) groups excluding carboxylic acids is 3. The highest BCUT2D eigenvalue weighted by Gasteiger charge is 2.32. The Labute approximate surface area is 192 Å². The Kier molecular flexibility index (Phi) is 5.30. The Balaban J connectivity index is 1.25. The zero-order chi connectivity index (χ0) is 22.2. The third-order valence-corrected chi connectivity index (χ3v) is 6.20. The molecule has 0 spiro atoms. The minimum atomic E-state index is -0.325. The number of benzene rings is 3. The van der Waals surface area contributed by atoms with Gasteiger partial charge in [0.15, 0.2) is 11.5 Å². The zero-order valence-electron chi connectivity index (χ0n) is 17.0. The molecule has 1 N–H and O–H groups in total. The molecule has 3 amide bonds. The number of halogens is 1. The molecule has 162 valence electrons. The van der Waals surface area contributed by atoms with Gasteiger partial charge in [-0.1, -0.05) is 24.3 Å². The van der Waals surface area contributed by atoms with Crippen LogP contribution in [0.5, 0.6) is 11.5 Å². The normalized spacial score (nSPS) is 14.6. The number of nitrogens with zero attached hydrogens (tertiary/aromatic N) is 1. The van der Waals surface area contributed by atoms with Crippen molar-refractivity contribution in [3.63, 3.8) is 0 Å². The Morgan fingerprint density at radius 1 is 0.969 bits per heavy atom. The summed E-state index contributed by atoms with van der Waals surface area (Å²) < 4.78 is 11.8. The Morgan fingerprint density at radius 3 is 2.25 bits per heavy atom. The highest BCUT2D eigenvalue weighted by atomic mass is 79.9. The van der Waals surface area contributed by atoms with Crippen LogP contribution in [0.15, 0.2) is 53.0 Å². The number of anilines is 1. The molecule has 32 heavy (non-hydrogen) atoms. The van der Waals surface area contributed by atoms with Gasteiger partial charge in [-0.2, -0.15) is 0 Å². The van der Waals surface area contributed by atoms with E-state index in [2.05, 4.69) is 21.2 Å². The molecule has 0 saturated carbocycles. The average molecular weight is 495 g/mol.